The first kappa shape index (κ1) is 19.2. The van der Waals surface area contributed by atoms with Crippen LogP contribution < -0.4 is 16.4 Å². The molecular formula is C16H20ClN3O2S. The number of anilines is 1. The first-order valence-corrected chi connectivity index (χ1v) is 7.93. The molecular weight excluding hydrogens is 334 g/mol. The normalized spacial score (nSPS) is 11.2. The second-order valence-electron chi connectivity index (χ2n) is 5.03. The maximum absolute atomic E-state index is 12.0. The first-order valence-electron chi connectivity index (χ1n) is 7.05. The second-order valence-corrected chi connectivity index (χ2v) is 5.98. The second kappa shape index (κ2) is 9.29. The summed E-state index contributed by atoms with van der Waals surface area (Å²) < 4.78 is 0. The zero-order valence-corrected chi connectivity index (χ0v) is 14.4. The van der Waals surface area contributed by atoms with Crippen LogP contribution in [0.15, 0.2) is 41.8 Å². The van der Waals surface area contributed by atoms with E-state index in [1.807, 2.05) is 18.4 Å². The third-order valence-corrected chi connectivity index (χ3v) is 3.88. The number of carbonyl (C=O) groups excluding carboxylic acids is 2. The smallest absolute Gasteiger partial charge is 0.265 e. The number of thiophene rings is 1. The highest BCUT2D eigenvalue weighted by molar-refractivity contribution is 7.12. The summed E-state index contributed by atoms with van der Waals surface area (Å²) in [4.78, 5) is 24.6. The minimum Gasteiger partial charge on any atom is -0.352 e. The van der Waals surface area contributed by atoms with Crippen LogP contribution in [0.1, 0.15) is 33.4 Å². The van der Waals surface area contributed by atoms with Crippen LogP contribution in [-0.2, 0) is 0 Å². The maximum Gasteiger partial charge on any atom is 0.265 e. The van der Waals surface area contributed by atoms with E-state index in [0.29, 0.717) is 22.7 Å². The summed E-state index contributed by atoms with van der Waals surface area (Å²) >= 11 is 1.37. The van der Waals surface area contributed by atoms with Gasteiger partial charge in [-0.2, -0.15) is 0 Å². The van der Waals surface area contributed by atoms with Crippen LogP contribution in [0.5, 0.6) is 0 Å². The zero-order chi connectivity index (χ0) is 15.9. The monoisotopic (exact) mass is 353 g/mol. The molecule has 0 saturated heterocycles. The van der Waals surface area contributed by atoms with Gasteiger partial charge in [0.05, 0.1) is 4.88 Å². The summed E-state index contributed by atoms with van der Waals surface area (Å²) in [6.07, 6.45) is 0.723. The minimum absolute atomic E-state index is 0. The number of hydrogen-bond donors (Lipinski definition) is 3. The number of nitrogens with one attached hydrogen (secondary N) is 2. The van der Waals surface area contributed by atoms with Crippen molar-refractivity contribution < 1.29 is 9.59 Å². The summed E-state index contributed by atoms with van der Waals surface area (Å²) in [5.41, 5.74) is 6.75. The average molecular weight is 354 g/mol. The lowest BCUT2D eigenvalue weighted by Crippen LogP contribution is -2.29. The van der Waals surface area contributed by atoms with Gasteiger partial charge in [-0.25, -0.2) is 0 Å². The molecule has 2 aromatic rings. The van der Waals surface area contributed by atoms with E-state index < -0.39 is 0 Å². The third kappa shape index (κ3) is 6.02. The molecule has 0 bridgehead atoms. The lowest BCUT2D eigenvalue weighted by Gasteiger charge is -2.09. The van der Waals surface area contributed by atoms with Crippen molar-refractivity contribution in [3.05, 3.63) is 52.2 Å². The fraction of sp³-hybridized carbons (Fsp3) is 0.250. The molecule has 0 spiro atoms. The van der Waals surface area contributed by atoms with Crippen LogP contribution in [0.3, 0.4) is 0 Å². The number of nitrogens with two attached hydrogens (primary N) is 1. The zero-order valence-electron chi connectivity index (χ0n) is 12.7. The van der Waals surface area contributed by atoms with Gasteiger partial charge in [0.2, 0.25) is 0 Å². The van der Waals surface area contributed by atoms with Crippen molar-refractivity contribution in [1.29, 1.82) is 0 Å². The molecule has 0 aliphatic heterocycles. The van der Waals surface area contributed by atoms with Crippen LogP contribution >= 0.6 is 23.7 Å². The molecule has 0 radical (unpaired) electrons. The summed E-state index contributed by atoms with van der Waals surface area (Å²) in [7, 11) is 0. The molecule has 0 fully saturated rings. The predicted molar refractivity (Wildman–Crippen MR) is 96.6 cm³/mol. The van der Waals surface area contributed by atoms with Gasteiger partial charge < -0.3 is 16.4 Å². The van der Waals surface area contributed by atoms with Crippen LogP contribution in [0.4, 0.5) is 5.69 Å². The molecule has 2 amide bonds. The summed E-state index contributed by atoms with van der Waals surface area (Å²) in [6.45, 7) is 2.43. The number of benzene rings is 1. The van der Waals surface area contributed by atoms with E-state index in [2.05, 4.69) is 10.6 Å². The van der Waals surface area contributed by atoms with Crippen LogP contribution in [0, 0.1) is 0 Å². The lowest BCUT2D eigenvalue weighted by molar-refractivity contribution is 0.0951. The SMILES string of the molecule is CC(N)CCNC(=O)c1cccc(NC(=O)c2cccs2)c1.Cl. The maximum atomic E-state index is 12.0. The highest BCUT2D eigenvalue weighted by atomic mass is 35.5. The molecule has 1 unspecified atom stereocenters. The largest absolute Gasteiger partial charge is 0.352 e. The standard InChI is InChI=1S/C16H19N3O2S.ClH/c1-11(17)7-8-18-15(20)12-4-2-5-13(10-12)19-16(21)14-6-3-9-22-14;/h2-6,9-11H,7-8,17H2,1H3,(H,18,20)(H,19,21);1H. The Morgan fingerprint density at radius 3 is 2.65 bits per heavy atom. The molecule has 1 aromatic heterocycles. The molecule has 1 heterocycles. The van der Waals surface area contributed by atoms with Gasteiger partial charge in [0.25, 0.3) is 11.8 Å². The van der Waals surface area contributed by atoms with E-state index >= 15 is 0 Å². The molecule has 0 aliphatic rings. The molecule has 7 heteroatoms. The summed E-state index contributed by atoms with van der Waals surface area (Å²) in [5, 5.41) is 7.44. The summed E-state index contributed by atoms with van der Waals surface area (Å²) in [6, 6.07) is 10.5. The van der Waals surface area contributed by atoms with Crippen molar-refractivity contribution in [2.75, 3.05) is 11.9 Å². The van der Waals surface area contributed by atoms with E-state index in [9.17, 15) is 9.59 Å². The highest BCUT2D eigenvalue weighted by Crippen LogP contribution is 2.15. The number of amides is 2. The van der Waals surface area contributed by atoms with Gasteiger partial charge in [0.1, 0.15) is 0 Å². The van der Waals surface area contributed by atoms with E-state index in [-0.39, 0.29) is 30.3 Å². The van der Waals surface area contributed by atoms with Crippen molar-refractivity contribution in [3.8, 4) is 0 Å². The predicted octanol–water partition coefficient (Wildman–Crippen LogP) is 2.89. The molecule has 5 nitrogen and oxygen atoms in total. The number of rotatable bonds is 6. The summed E-state index contributed by atoms with van der Waals surface area (Å²) in [5.74, 6) is -0.350. The Morgan fingerprint density at radius 1 is 1.22 bits per heavy atom. The molecule has 1 atom stereocenters. The lowest BCUT2D eigenvalue weighted by atomic mass is 10.1. The molecule has 23 heavy (non-hydrogen) atoms. The van der Waals surface area contributed by atoms with E-state index in [1.165, 1.54) is 11.3 Å². The first-order chi connectivity index (χ1) is 10.6. The Morgan fingerprint density at radius 2 is 2.00 bits per heavy atom. The van der Waals surface area contributed by atoms with Crippen LogP contribution in [0.25, 0.3) is 0 Å². The Hall–Kier alpha value is -1.89. The fourth-order valence-electron chi connectivity index (χ4n) is 1.85. The Bertz CT molecular complexity index is 645. The third-order valence-electron chi connectivity index (χ3n) is 3.01. The quantitative estimate of drug-likeness (QED) is 0.746. The number of halogens is 1. The van der Waals surface area contributed by atoms with Gasteiger partial charge in [-0.05, 0) is 43.0 Å². The average Bonchev–Trinajstić information content (AvgIpc) is 3.01. The number of carbonyl (C=O) groups is 2. The molecule has 124 valence electrons. The van der Waals surface area contributed by atoms with Gasteiger partial charge in [-0.1, -0.05) is 12.1 Å². The Kier molecular flexibility index (Phi) is 7.74. The van der Waals surface area contributed by atoms with Gasteiger partial charge >= 0.3 is 0 Å². The van der Waals surface area contributed by atoms with E-state index in [4.69, 9.17) is 5.73 Å². The van der Waals surface area contributed by atoms with Gasteiger partial charge in [-0.3, -0.25) is 9.59 Å². The van der Waals surface area contributed by atoms with Gasteiger partial charge in [-0.15, -0.1) is 23.7 Å². The highest BCUT2D eigenvalue weighted by Gasteiger charge is 2.09. The minimum atomic E-state index is -0.176. The van der Waals surface area contributed by atoms with Crippen molar-refractivity contribution >= 4 is 41.2 Å². The van der Waals surface area contributed by atoms with Gasteiger partial charge in [0, 0.05) is 23.8 Å². The molecule has 1 aromatic carbocycles. The fourth-order valence-corrected chi connectivity index (χ4v) is 2.47. The molecule has 2 rings (SSSR count). The number of hydrogen-bond acceptors (Lipinski definition) is 4. The Labute approximate surface area is 145 Å². The molecule has 4 N–H and O–H groups in total. The van der Waals surface area contributed by atoms with Crippen molar-refractivity contribution in [2.24, 2.45) is 5.73 Å². The molecule has 0 aliphatic carbocycles. The van der Waals surface area contributed by atoms with Crippen molar-refractivity contribution in [1.82, 2.24) is 5.32 Å². The van der Waals surface area contributed by atoms with Crippen molar-refractivity contribution in [2.45, 2.75) is 19.4 Å². The van der Waals surface area contributed by atoms with E-state index in [1.54, 1.807) is 30.3 Å². The topological polar surface area (TPSA) is 84.2 Å². The Balaban J connectivity index is 0.00000264. The van der Waals surface area contributed by atoms with E-state index in [0.717, 1.165) is 6.42 Å². The van der Waals surface area contributed by atoms with Gasteiger partial charge in [0.15, 0.2) is 0 Å². The van der Waals surface area contributed by atoms with Crippen LogP contribution in [-0.4, -0.2) is 24.4 Å². The molecule has 0 saturated carbocycles. The van der Waals surface area contributed by atoms with Crippen LogP contribution in [0.2, 0.25) is 0 Å². The van der Waals surface area contributed by atoms with Crippen molar-refractivity contribution in [3.63, 3.8) is 0 Å².